The average molecular weight is 389 g/mol. The number of rotatable bonds is 4. The normalized spacial score (nSPS) is 14.6. The molecule has 1 aliphatic heterocycles. The molecule has 2 aromatic carbocycles. The molecule has 5 nitrogen and oxygen atoms in total. The predicted molar refractivity (Wildman–Crippen MR) is 115 cm³/mol. The van der Waals surface area contributed by atoms with Crippen LogP contribution in [0.5, 0.6) is 0 Å². The van der Waals surface area contributed by atoms with Crippen molar-refractivity contribution >= 4 is 22.7 Å². The third-order valence-electron chi connectivity index (χ3n) is 5.76. The van der Waals surface area contributed by atoms with Crippen LogP contribution >= 0.6 is 0 Å². The van der Waals surface area contributed by atoms with Crippen molar-refractivity contribution in [2.75, 3.05) is 26.2 Å². The number of hydrogen-bond donors (Lipinski definition) is 1. The summed E-state index contributed by atoms with van der Waals surface area (Å²) in [7, 11) is 0. The predicted octanol–water partition coefficient (Wildman–Crippen LogP) is 3.82. The molecule has 150 valence electrons. The Labute approximate surface area is 171 Å². The molecule has 3 aromatic rings. The van der Waals surface area contributed by atoms with Gasteiger partial charge in [-0.1, -0.05) is 44.2 Å². The standard InChI is InChI=1S/C24H27N3O2/c1-17(2)18-7-9-19(10-8-18)24(29)27-13-11-26(12-14-27)23(28)15-20-16-25-22-6-4-3-5-21(20)22/h3-10,16-17,25H,11-15H2,1-2H3. The van der Waals surface area contributed by atoms with Crippen LogP contribution in [0.15, 0.2) is 54.7 Å². The fourth-order valence-electron chi connectivity index (χ4n) is 3.90. The van der Waals surface area contributed by atoms with E-state index >= 15 is 0 Å². The molecule has 4 rings (SSSR count). The molecule has 0 spiro atoms. The molecule has 1 aromatic heterocycles. The minimum atomic E-state index is 0.0454. The van der Waals surface area contributed by atoms with Crippen molar-refractivity contribution in [2.45, 2.75) is 26.2 Å². The van der Waals surface area contributed by atoms with Crippen molar-refractivity contribution in [3.63, 3.8) is 0 Å². The Balaban J connectivity index is 1.35. The van der Waals surface area contributed by atoms with Gasteiger partial charge >= 0.3 is 0 Å². The monoisotopic (exact) mass is 389 g/mol. The highest BCUT2D eigenvalue weighted by molar-refractivity contribution is 5.94. The van der Waals surface area contributed by atoms with E-state index in [1.54, 1.807) is 0 Å². The van der Waals surface area contributed by atoms with Gasteiger partial charge < -0.3 is 14.8 Å². The summed E-state index contributed by atoms with van der Waals surface area (Å²) in [4.78, 5) is 32.5. The van der Waals surface area contributed by atoms with Crippen molar-refractivity contribution in [1.29, 1.82) is 0 Å². The molecule has 0 atom stereocenters. The Bertz CT molecular complexity index is 1010. The first-order valence-electron chi connectivity index (χ1n) is 10.2. The quantitative estimate of drug-likeness (QED) is 0.738. The molecular weight excluding hydrogens is 362 g/mol. The number of aromatic amines is 1. The molecular formula is C24H27N3O2. The van der Waals surface area contributed by atoms with E-state index < -0.39 is 0 Å². The maximum atomic E-state index is 12.8. The van der Waals surface area contributed by atoms with Crippen LogP contribution in [0.3, 0.4) is 0 Å². The number of nitrogens with one attached hydrogen (secondary N) is 1. The minimum Gasteiger partial charge on any atom is -0.361 e. The molecule has 0 radical (unpaired) electrons. The Kier molecular flexibility index (Phi) is 5.38. The first kappa shape index (κ1) is 19.2. The molecule has 1 saturated heterocycles. The fraction of sp³-hybridized carbons (Fsp3) is 0.333. The van der Waals surface area contributed by atoms with Crippen molar-refractivity contribution < 1.29 is 9.59 Å². The lowest BCUT2D eigenvalue weighted by molar-refractivity contribution is -0.131. The van der Waals surface area contributed by atoms with Crippen LogP contribution in [0, 0.1) is 0 Å². The minimum absolute atomic E-state index is 0.0454. The van der Waals surface area contributed by atoms with Gasteiger partial charge in [-0.15, -0.1) is 0 Å². The largest absolute Gasteiger partial charge is 0.361 e. The number of hydrogen-bond acceptors (Lipinski definition) is 2. The van der Waals surface area contributed by atoms with E-state index in [-0.39, 0.29) is 11.8 Å². The van der Waals surface area contributed by atoms with Crippen LogP contribution in [0.4, 0.5) is 0 Å². The maximum absolute atomic E-state index is 12.8. The van der Waals surface area contributed by atoms with E-state index in [9.17, 15) is 9.59 Å². The Morgan fingerprint density at radius 2 is 1.59 bits per heavy atom. The molecule has 0 unspecified atom stereocenters. The lowest BCUT2D eigenvalue weighted by Crippen LogP contribution is -2.51. The number of carbonyl (C=O) groups excluding carboxylic acids is 2. The smallest absolute Gasteiger partial charge is 0.253 e. The van der Waals surface area contributed by atoms with Gasteiger partial charge in [-0.05, 0) is 35.2 Å². The summed E-state index contributed by atoms with van der Waals surface area (Å²) < 4.78 is 0. The summed E-state index contributed by atoms with van der Waals surface area (Å²) in [6, 6.07) is 15.9. The topological polar surface area (TPSA) is 56.4 Å². The Morgan fingerprint density at radius 3 is 2.28 bits per heavy atom. The molecule has 1 aliphatic rings. The number of piperazine rings is 1. The molecule has 2 heterocycles. The number of carbonyl (C=O) groups is 2. The molecule has 0 aliphatic carbocycles. The van der Waals surface area contributed by atoms with Crippen molar-refractivity contribution in [2.24, 2.45) is 0 Å². The first-order valence-corrected chi connectivity index (χ1v) is 10.2. The van der Waals surface area contributed by atoms with Crippen molar-refractivity contribution in [3.05, 3.63) is 71.4 Å². The third-order valence-corrected chi connectivity index (χ3v) is 5.76. The van der Waals surface area contributed by atoms with Gasteiger partial charge in [0.1, 0.15) is 0 Å². The van der Waals surface area contributed by atoms with Gasteiger partial charge in [0.15, 0.2) is 0 Å². The van der Waals surface area contributed by atoms with Crippen LogP contribution in [0.25, 0.3) is 10.9 Å². The molecule has 1 N–H and O–H groups in total. The SMILES string of the molecule is CC(C)c1ccc(C(=O)N2CCN(C(=O)Cc3c[nH]c4ccccc34)CC2)cc1. The second-order valence-corrected chi connectivity index (χ2v) is 7.99. The lowest BCUT2D eigenvalue weighted by Gasteiger charge is -2.35. The maximum Gasteiger partial charge on any atom is 0.253 e. The van der Waals surface area contributed by atoms with Gasteiger partial charge in [0.2, 0.25) is 5.91 Å². The van der Waals surface area contributed by atoms with E-state index in [1.807, 2.05) is 64.5 Å². The third kappa shape index (κ3) is 4.04. The highest BCUT2D eigenvalue weighted by atomic mass is 16.2. The molecule has 29 heavy (non-hydrogen) atoms. The molecule has 0 saturated carbocycles. The van der Waals surface area contributed by atoms with Gasteiger partial charge in [0.05, 0.1) is 6.42 Å². The molecule has 5 heteroatoms. The Hall–Kier alpha value is -3.08. The van der Waals surface area contributed by atoms with Crippen LogP contribution in [0.2, 0.25) is 0 Å². The summed E-state index contributed by atoms with van der Waals surface area (Å²) in [5.41, 5.74) is 4.02. The van der Waals surface area contributed by atoms with E-state index in [2.05, 4.69) is 18.8 Å². The van der Waals surface area contributed by atoms with Crippen LogP contribution in [-0.4, -0.2) is 52.8 Å². The van der Waals surface area contributed by atoms with Crippen LogP contribution in [-0.2, 0) is 11.2 Å². The summed E-state index contributed by atoms with van der Waals surface area (Å²) >= 11 is 0. The van der Waals surface area contributed by atoms with E-state index in [0.717, 1.165) is 16.5 Å². The van der Waals surface area contributed by atoms with E-state index in [4.69, 9.17) is 0 Å². The fourth-order valence-corrected chi connectivity index (χ4v) is 3.90. The van der Waals surface area contributed by atoms with Gasteiger partial charge in [-0.2, -0.15) is 0 Å². The number of aromatic nitrogens is 1. The van der Waals surface area contributed by atoms with E-state index in [0.29, 0.717) is 44.1 Å². The molecule has 2 amide bonds. The number of fused-ring (bicyclic) bond motifs is 1. The summed E-state index contributed by atoms with van der Waals surface area (Å²) in [5.74, 6) is 0.609. The van der Waals surface area contributed by atoms with Crippen LogP contribution < -0.4 is 0 Å². The van der Waals surface area contributed by atoms with Gasteiger partial charge in [0.25, 0.3) is 5.91 Å². The molecule has 0 bridgehead atoms. The average Bonchev–Trinajstić information content (AvgIpc) is 3.16. The highest BCUT2D eigenvalue weighted by Crippen LogP contribution is 2.20. The first-order chi connectivity index (χ1) is 14.0. The zero-order chi connectivity index (χ0) is 20.4. The van der Waals surface area contributed by atoms with E-state index in [1.165, 1.54) is 5.56 Å². The second-order valence-electron chi connectivity index (χ2n) is 7.99. The van der Waals surface area contributed by atoms with Gasteiger partial charge in [0, 0.05) is 48.8 Å². The summed E-state index contributed by atoms with van der Waals surface area (Å²) in [5, 5.41) is 1.10. The van der Waals surface area contributed by atoms with Gasteiger partial charge in [-0.3, -0.25) is 9.59 Å². The number of amides is 2. The Morgan fingerprint density at radius 1 is 0.931 bits per heavy atom. The van der Waals surface area contributed by atoms with Crippen molar-refractivity contribution in [1.82, 2.24) is 14.8 Å². The summed E-state index contributed by atoms with van der Waals surface area (Å²) in [6.45, 7) is 6.59. The number of para-hydroxylation sites is 1. The second kappa shape index (κ2) is 8.11. The van der Waals surface area contributed by atoms with Crippen molar-refractivity contribution in [3.8, 4) is 0 Å². The number of H-pyrrole nitrogens is 1. The zero-order valence-electron chi connectivity index (χ0n) is 17.0. The number of nitrogens with zero attached hydrogens (tertiary/aromatic N) is 2. The van der Waals surface area contributed by atoms with Gasteiger partial charge in [-0.25, -0.2) is 0 Å². The zero-order valence-corrected chi connectivity index (χ0v) is 17.0. The lowest BCUT2D eigenvalue weighted by atomic mass is 10.0. The summed E-state index contributed by atoms with van der Waals surface area (Å²) in [6.07, 6.45) is 2.30. The molecule has 1 fully saturated rings. The highest BCUT2D eigenvalue weighted by Gasteiger charge is 2.25. The number of benzene rings is 2. The van der Waals surface area contributed by atoms with Crippen LogP contribution in [0.1, 0.15) is 41.3 Å².